The molecule has 1 fully saturated rings. The van der Waals surface area contributed by atoms with Gasteiger partial charge in [-0.25, -0.2) is 0 Å². The molecule has 128 valence electrons. The number of hydrogen-bond acceptors (Lipinski definition) is 4. The molecule has 2 N–H and O–H groups in total. The first-order chi connectivity index (χ1) is 10.8. The van der Waals surface area contributed by atoms with Crippen LogP contribution in [0.15, 0.2) is 24.3 Å². The monoisotopic (exact) mass is 320 g/mol. The van der Waals surface area contributed by atoms with Crippen molar-refractivity contribution in [3.05, 3.63) is 29.8 Å². The minimum absolute atomic E-state index is 0.261. The molecule has 0 aliphatic carbocycles. The predicted molar refractivity (Wildman–Crippen MR) is 90.4 cm³/mol. The second kappa shape index (κ2) is 7.32. The third-order valence-electron chi connectivity index (χ3n) is 4.54. The zero-order valence-electron chi connectivity index (χ0n) is 14.5. The van der Waals surface area contributed by atoms with E-state index in [1.807, 2.05) is 12.1 Å². The van der Waals surface area contributed by atoms with Gasteiger partial charge >= 0.3 is 0 Å². The van der Waals surface area contributed by atoms with E-state index in [4.69, 9.17) is 4.74 Å². The molecule has 2 atom stereocenters. The number of hydrogen-bond donors (Lipinski definition) is 2. The van der Waals surface area contributed by atoms with Crippen LogP contribution in [0.4, 0.5) is 0 Å². The molecule has 23 heavy (non-hydrogen) atoms. The number of piperidine rings is 1. The highest BCUT2D eigenvalue weighted by Gasteiger charge is 2.32. The van der Waals surface area contributed by atoms with Crippen molar-refractivity contribution >= 4 is 5.91 Å². The van der Waals surface area contributed by atoms with Gasteiger partial charge in [0.1, 0.15) is 11.4 Å². The summed E-state index contributed by atoms with van der Waals surface area (Å²) in [7, 11) is 3.79. The summed E-state index contributed by atoms with van der Waals surface area (Å²) in [6.45, 7) is 4.64. The zero-order valence-corrected chi connectivity index (χ0v) is 14.5. The fourth-order valence-electron chi connectivity index (χ4n) is 3.24. The Bertz CT molecular complexity index is 522. The number of aliphatic hydroxyl groups is 1. The van der Waals surface area contributed by atoms with Crippen LogP contribution in [-0.2, 0) is 4.79 Å². The molecule has 1 heterocycles. The molecule has 1 aliphatic heterocycles. The van der Waals surface area contributed by atoms with Gasteiger partial charge in [0.2, 0.25) is 0 Å². The van der Waals surface area contributed by atoms with Crippen molar-refractivity contribution in [1.29, 1.82) is 0 Å². The largest absolute Gasteiger partial charge is 0.497 e. The maximum Gasteiger partial charge on any atom is 0.251 e. The summed E-state index contributed by atoms with van der Waals surface area (Å²) >= 11 is 0. The number of ether oxygens (including phenoxy) is 1. The van der Waals surface area contributed by atoms with E-state index < -0.39 is 5.60 Å². The van der Waals surface area contributed by atoms with Gasteiger partial charge in [-0.15, -0.1) is 0 Å². The standard InChI is InChI=1S/C18H28N2O3/c1-18(2,22)17(21)19-12-14-6-5-11-20(3)16(14)13-7-9-15(23-4)10-8-13/h7-10,14,16,22H,5-6,11-12H2,1-4H3,(H,19,21)/t14-,16+/m0/s1. The average Bonchev–Trinajstić information content (AvgIpc) is 2.52. The summed E-state index contributed by atoms with van der Waals surface area (Å²) in [5.74, 6) is 0.853. The molecule has 0 aromatic heterocycles. The van der Waals surface area contributed by atoms with Crippen LogP contribution >= 0.6 is 0 Å². The summed E-state index contributed by atoms with van der Waals surface area (Å²) in [6, 6.07) is 8.40. The molecule has 5 nitrogen and oxygen atoms in total. The molecule has 1 saturated heterocycles. The van der Waals surface area contributed by atoms with Crippen LogP contribution in [0.3, 0.4) is 0 Å². The van der Waals surface area contributed by atoms with E-state index in [-0.39, 0.29) is 11.9 Å². The zero-order chi connectivity index (χ0) is 17.0. The number of benzene rings is 1. The molecule has 0 bridgehead atoms. The van der Waals surface area contributed by atoms with E-state index >= 15 is 0 Å². The van der Waals surface area contributed by atoms with Crippen molar-refractivity contribution in [1.82, 2.24) is 10.2 Å². The summed E-state index contributed by atoms with van der Waals surface area (Å²) in [5.41, 5.74) is -0.105. The molecule has 0 radical (unpaired) electrons. The second-order valence-electron chi connectivity index (χ2n) is 6.87. The number of nitrogens with one attached hydrogen (secondary N) is 1. The SMILES string of the molecule is COc1ccc([C@@H]2[C@H](CNC(=O)C(C)(C)O)CCCN2C)cc1. The van der Waals surface area contributed by atoms with Gasteiger partial charge in [0.05, 0.1) is 7.11 Å². The predicted octanol–water partition coefficient (Wildman–Crippen LogP) is 1.97. The first-order valence-corrected chi connectivity index (χ1v) is 8.18. The highest BCUT2D eigenvalue weighted by atomic mass is 16.5. The number of likely N-dealkylation sites (tertiary alicyclic amines) is 1. The fraction of sp³-hybridized carbons (Fsp3) is 0.611. The Kier molecular flexibility index (Phi) is 5.65. The molecule has 1 aromatic carbocycles. The molecule has 1 aromatic rings. The van der Waals surface area contributed by atoms with E-state index in [0.717, 1.165) is 25.1 Å². The van der Waals surface area contributed by atoms with Crippen LogP contribution in [0.2, 0.25) is 0 Å². The number of amides is 1. The van der Waals surface area contributed by atoms with Gasteiger partial charge in [0, 0.05) is 12.6 Å². The molecule has 1 amide bonds. The van der Waals surface area contributed by atoms with Gasteiger partial charge in [-0.2, -0.15) is 0 Å². The van der Waals surface area contributed by atoms with Crippen LogP contribution in [-0.4, -0.2) is 48.8 Å². The molecule has 1 aliphatic rings. The lowest BCUT2D eigenvalue weighted by Crippen LogP contribution is -2.47. The van der Waals surface area contributed by atoms with Crippen molar-refractivity contribution in [3.63, 3.8) is 0 Å². The van der Waals surface area contributed by atoms with Crippen LogP contribution in [0.1, 0.15) is 38.3 Å². The van der Waals surface area contributed by atoms with E-state index in [1.54, 1.807) is 7.11 Å². The highest BCUT2D eigenvalue weighted by molar-refractivity contribution is 5.83. The van der Waals surface area contributed by atoms with E-state index in [1.165, 1.54) is 19.4 Å². The number of carbonyl (C=O) groups excluding carboxylic acids is 1. The normalized spacial score (nSPS) is 22.7. The lowest BCUT2D eigenvalue weighted by atomic mass is 9.84. The number of rotatable bonds is 5. The number of nitrogens with zero attached hydrogens (tertiary/aromatic N) is 1. The van der Waals surface area contributed by atoms with Crippen LogP contribution in [0.25, 0.3) is 0 Å². The molecule has 0 saturated carbocycles. The van der Waals surface area contributed by atoms with Gasteiger partial charge in [-0.1, -0.05) is 12.1 Å². The Morgan fingerprint density at radius 3 is 2.61 bits per heavy atom. The van der Waals surface area contributed by atoms with Crippen LogP contribution in [0.5, 0.6) is 5.75 Å². The Balaban J connectivity index is 2.10. The van der Waals surface area contributed by atoms with Gasteiger partial charge in [0.15, 0.2) is 0 Å². The van der Waals surface area contributed by atoms with Crippen molar-refractivity contribution in [2.75, 3.05) is 27.2 Å². The molecular formula is C18H28N2O3. The first kappa shape index (κ1) is 17.8. The molecule has 5 heteroatoms. The Hall–Kier alpha value is -1.59. The van der Waals surface area contributed by atoms with Gasteiger partial charge in [-0.05, 0) is 63.9 Å². The molecular weight excluding hydrogens is 292 g/mol. The third kappa shape index (κ3) is 4.45. The summed E-state index contributed by atoms with van der Waals surface area (Å²) < 4.78 is 5.23. The Morgan fingerprint density at radius 1 is 1.39 bits per heavy atom. The summed E-state index contributed by atoms with van der Waals surface area (Å²) in [4.78, 5) is 14.3. The van der Waals surface area contributed by atoms with Crippen LogP contribution in [0, 0.1) is 5.92 Å². The minimum Gasteiger partial charge on any atom is -0.497 e. The highest BCUT2D eigenvalue weighted by Crippen LogP contribution is 2.35. The van der Waals surface area contributed by atoms with E-state index in [0.29, 0.717) is 12.5 Å². The maximum absolute atomic E-state index is 11.9. The molecule has 2 rings (SSSR count). The first-order valence-electron chi connectivity index (χ1n) is 8.18. The Labute approximate surface area is 138 Å². The summed E-state index contributed by atoms with van der Waals surface area (Å²) in [6.07, 6.45) is 2.18. The third-order valence-corrected chi connectivity index (χ3v) is 4.54. The van der Waals surface area contributed by atoms with Crippen LogP contribution < -0.4 is 10.1 Å². The second-order valence-corrected chi connectivity index (χ2v) is 6.87. The lowest BCUT2D eigenvalue weighted by Gasteiger charge is -2.40. The smallest absolute Gasteiger partial charge is 0.251 e. The molecule has 0 unspecified atom stereocenters. The van der Waals surface area contributed by atoms with Crippen molar-refractivity contribution in [2.24, 2.45) is 5.92 Å². The quantitative estimate of drug-likeness (QED) is 0.871. The lowest BCUT2D eigenvalue weighted by molar-refractivity contribution is -0.136. The van der Waals surface area contributed by atoms with Gasteiger partial charge in [0.25, 0.3) is 5.91 Å². The fourth-order valence-corrected chi connectivity index (χ4v) is 3.24. The number of methoxy groups -OCH3 is 1. The van der Waals surface area contributed by atoms with E-state index in [2.05, 4.69) is 29.4 Å². The van der Waals surface area contributed by atoms with Gasteiger partial charge < -0.3 is 15.2 Å². The Morgan fingerprint density at radius 2 is 2.04 bits per heavy atom. The van der Waals surface area contributed by atoms with Crippen molar-refractivity contribution < 1.29 is 14.6 Å². The number of carbonyl (C=O) groups is 1. The van der Waals surface area contributed by atoms with Crippen molar-refractivity contribution in [2.45, 2.75) is 38.3 Å². The average molecular weight is 320 g/mol. The summed E-state index contributed by atoms with van der Waals surface area (Å²) in [5, 5.41) is 12.7. The minimum atomic E-state index is -1.34. The van der Waals surface area contributed by atoms with Gasteiger partial charge in [-0.3, -0.25) is 9.69 Å². The topological polar surface area (TPSA) is 61.8 Å². The van der Waals surface area contributed by atoms with Crippen molar-refractivity contribution in [3.8, 4) is 5.75 Å². The van der Waals surface area contributed by atoms with E-state index in [9.17, 15) is 9.90 Å². The molecule has 0 spiro atoms. The maximum atomic E-state index is 11.9.